The van der Waals surface area contributed by atoms with Gasteiger partial charge in [0.2, 0.25) is 5.91 Å². The van der Waals surface area contributed by atoms with Crippen LogP contribution in [0.15, 0.2) is 24.3 Å². The smallest absolute Gasteiger partial charge is 0.369 e. The predicted octanol–water partition coefficient (Wildman–Crippen LogP) is 3.52. The minimum Gasteiger partial charge on any atom is -0.369 e. The average Bonchev–Trinajstić information content (AvgIpc) is 2.64. The summed E-state index contributed by atoms with van der Waals surface area (Å²) >= 11 is 0. The standard InChI is InChI=1S/C20H28F3N3O/c1-15-5-2-3-8-18(15)24-19(27)14-25-9-11-26(12-10-25)17-7-4-6-16(13-17)20(21,22)23/h4,6-7,13,15,18H,2-3,5,8-12,14H2,1H3,(H,24,27)/t15-,18+/m0/s1. The van der Waals surface area contributed by atoms with E-state index in [1.807, 2.05) is 4.90 Å². The van der Waals surface area contributed by atoms with Gasteiger partial charge in [0.25, 0.3) is 0 Å². The van der Waals surface area contributed by atoms with E-state index < -0.39 is 11.7 Å². The van der Waals surface area contributed by atoms with Crippen molar-refractivity contribution >= 4 is 11.6 Å². The van der Waals surface area contributed by atoms with Crippen LogP contribution >= 0.6 is 0 Å². The van der Waals surface area contributed by atoms with E-state index in [-0.39, 0.29) is 11.9 Å². The van der Waals surface area contributed by atoms with Crippen LogP contribution < -0.4 is 10.2 Å². The van der Waals surface area contributed by atoms with Crippen molar-refractivity contribution in [2.24, 2.45) is 5.92 Å². The molecule has 27 heavy (non-hydrogen) atoms. The van der Waals surface area contributed by atoms with Crippen molar-refractivity contribution < 1.29 is 18.0 Å². The molecule has 2 aliphatic rings. The molecule has 1 saturated heterocycles. The van der Waals surface area contributed by atoms with Gasteiger partial charge >= 0.3 is 6.18 Å². The Kier molecular flexibility index (Phi) is 6.29. The number of piperazine rings is 1. The fourth-order valence-electron chi connectivity index (χ4n) is 4.03. The molecule has 1 aliphatic heterocycles. The molecule has 2 atom stereocenters. The van der Waals surface area contributed by atoms with E-state index >= 15 is 0 Å². The molecule has 1 saturated carbocycles. The van der Waals surface area contributed by atoms with Gasteiger partial charge in [0.05, 0.1) is 12.1 Å². The highest BCUT2D eigenvalue weighted by Gasteiger charge is 2.31. The van der Waals surface area contributed by atoms with Crippen molar-refractivity contribution in [2.75, 3.05) is 37.6 Å². The van der Waals surface area contributed by atoms with E-state index in [1.54, 1.807) is 6.07 Å². The van der Waals surface area contributed by atoms with Crippen molar-refractivity contribution in [3.63, 3.8) is 0 Å². The first-order valence-corrected chi connectivity index (χ1v) is 9.77. The third-order valence-corrected chi connectivity index (χ3v) is 5.74. The first-order valence-electron chi connectivity index (χ1n) is 9.77. The zero-order chi connectivity index (χ0) is 19.4. The van der Waals surface area contributed by atoms with Gasteiger partial charge in [-0.05, 0) is 37.0 Å². The molecule has 1 heterocycles. The van der Waals surface area contributed by atoms with Gasteiger partial charge in [-0.1, -0.05) is 25.8 Å². The summed E-state index contributed by atoms with van der Waals surface area (Å²) in [6.45, 7) is 5.13. The fraction of sp³-hybridized carbons (Fsp3) is 0.650. The van der Waals surface area contributed by atoms with Gasteiger partial charge in [0, 0.05) is 37.9 Å². The minimum absolute atomic E-state index is 0.0567. The Bertz CT molecular complexity index is 642. The number of halogens is 3. The number of alkyl halides is 3. The second-order valence-electron chi connectivity index (χ2n) is 7.75. The highest BCUT2D eigenvalue weighted by molar-refractivity contribution is 5.78. The van der Waals surface area contributed by atoms with Crippen molar-refractivity contribution in [1.82, 2.24) is 10.2 Å². The summed E-state index contributed by atoms with van der Waals surface area (Å²) in [5.74, 6) is 0.585. The van der Waals surface area contributed by atoms with Crippen molar-refractivity contribution in [1.29, 1.82) is 0 Å². The second kappa shape index (κ2) is 8.50. The maximum atomic E-state index is 12.9. The number of hydrogen-bond acceptors (Lipinski definition) is 3. The molecule has 7 heteroatoms. The summed E-state index contributed by atoms with van der Waals surface area (Å²) in [5, 5.41) is 3.16. The summed E-state index contributed by atoms with van der Waals surface area (Å²) in [4.78, 5) is 16.4. The summed E-state index contributed by atoms with van der Waals surface area (Å²) < 4.78 is 38.7. The Labute approximate surface area is 158 Å². The molecule has 3 rings (SSSR count). The lowest BCUT2D eigenvalue weighted by atomic mass is 9.86. The van der Waals surface area contributed by atoms with E-state index in [1.165, 1.54) is 31.4 Å². The van der Waals surface area contributed by atoms with Gasteiger partial charge < -0.3 is 10.2 Å². The number of amides is 1. The number of carbonyl (C=O) groups is 1. The number of carbonyl (C=O) groups excluding carboxylic acids is 1. The third kappa shape index (κ3) is 5.37. The number of rotatable bonds is 4. The van der Waals surface area contributed by atoms with Crippen LogP contribution in [0.25, 0.3) is 0 Å². The molecule has 1 amide bonds. The highest BCUT2D eigenvalue weighted by atomic mass is 19.4. The molecular formula is C20H28F3N3O. The average molecular weight is 383 g/mol. The molecule has 150 valence electrons. The quantitative estimate of drug-likeness (QED) is 0.864. The van der Waals surface area contributed by atoms with E-state index in [4.69, 9.17) is 0 Å². The van der Waals surface area contributed by atoms with Crippen LogP contribution in [0.4, 0.5) is 18.9 Å². The summed E-state index contributed by atoms with van der Waals surface area (Å²) in [5.41, 5.74) is -0.0339. The largest absolute Gasteiger partial charge is 0.416 e. The fourth-order valence-corrected chi connectivity index (χ4v) is 4.03. The van der Waals surface area contributed by atoms with Crippen molar-refractivity contribution in [2.45, 2.75) is 44.8 Å². The van der Waals surface area contributed by atoms with Gasteiger partial charge in [-0.15, -0.1) is 0 Å². The van der Waals surface area contributed by atoms with Gasteiger partial charge in [0.1, 0.15) is 0 Å². The molecule has 2 fully saturated rings. The van der Waals surface area contributed by atoms with Gasteiger partial charge in [-0.2, -0.15) is 13.2 Å². The molecule has 0 radical (unpaired) electrons. The number of benzene rings is 1. The molecule has 0 spiro atoms. The normalized spacial score (nSPS) is 24.7. The van der Waals surface area contributed by atoms with Crippen LogP contribution in [0.2, 0.25) is 0 Å². The predicted molar refractivity (Wildman–Crippen MR) is 99.7 cm³/mol. The van der Waals surface area contributed by atoms with Gasteiger partial charge in [-0.25, -0.2) is 0 Å². The lowest BCUT2D eigenvalue weighted by molar-refractivity contribution is -0.137. The first-order chi connectivity index (χ1) is 12.8. The van der Waals surface area contributed by atoms with Crippen LogP contribution in [0.5, 0.6) is 0 Å². The zero-order valence-electron chi connectivity index (χ0n) is 15.8. The molecule has 0 bridgehead atoms. The molecule has 1 aliphatic carbocycles. The first kappa shape index (κ1) is 20.0. The summed E-state index contributed by atoms with van der Waals surface area (Å²) in [6.07, 6.45) is 0.305. The molecule has 0 aromatic heterocycles. The topological polar surface area (TPSA) is 35.6 Å². The van der Waals surface area contributed by atoms with Crippen LogP contribution in [0, 0.1) is 5.92 Å². The molecular weight excluding hydrogens is 355 g/mol. The second-order valence-corrected chi connectivity index (χ2v) is 7.75. The summed E-state index contributed by atoms with van der Waals surface area (Å²) in [7, 11) is 0. The van der Waals surface area contributed by atoms with E-state index in [2.05, 4.69) is 17.1 Å². The van der Waals surface area contributed by atoms with Crippen LogP contribution in [0.3, 0.4) is 0 Å². The molecule has 1 aromatic carbocycles. The number of hydrogen-bond donors (Lipinski definition) is 1. The van der Waals surface area contributed by atoms with E-state index in [0.717, 1.165) is 12.5 Å². The number of nitrogens with zero attached hydrogens (tertiary/aromatic N) is 2. The number of anilines is 1. The van der Waals surface area contributed by atoms with E-state index in [9.17, 15) is 18.0 Å². The van der Waals surface area contributed by atoms with Crippen molar-refractivity contribution in [3.8, 4) is 0 Å². The Morgan fingerprint density at radius 2 is 1.85 bits per heavy atom. The summed E-state index contributed by atoms with van der Waals surface area (Å²) in [6, 6.07) is 5.73. The molecule has 4 nitrogen and oxygen atoms in total. The zero-order valence-corrected chi connectivity index (χ0v) is 15.8. The van der Waals surface area contributed by atoms with Crippen molar-refractivity contribution in [3.05, 3.63) is 29.8 Å². The van der Waals surface area contributed by atoms with Crippen LogP contribution in [-0.4, -0.2) is 49.6 Å². The van der Waals surface area contributed by atoms with Crippen LogP contribution in [0.1, 0.15) is 38.2 Å². The Morgan fingerprint density at radius 3 is 2.52 bits per heavy atom. The maximum absolute atomic E-state index is 12.9. The SMILES string of the molecule is C[C@H]1CCCC[C@H]1NC(=O)CN1CCN(c2cccc(C(F)(F)F)c2)CC1. The Morgan fingerprint density at radius 1 is 1.15 bits per heavy atom. The lowest BCUT2D eigenvalue weighted by Crippen LogP contribution is -2.51. The Hall–Kier alpha value is -1.76. The highest BCUT2D eigenvalue weighted by Crippen LogP contribution is 2.31. The molecule has 1 aromatic rings. The minimum atomic E-state index is -4.33. The third-order valence-electron chi connectivity index (χ3n) is 5.74. The van der Waals surface area contributed by atoms with Crippen LogP contribution in [-0.2, 0) is 11.0 Å². The van der Waals surface area contributed by atoms with Gasteiger partial charge in [-0.3, -0.25) is 9.69 Å². The number of nitrogens with one attached hydrogen (secondary N) is 1. The van der Waals surface area contributed by atoms with E-state index in [0.29, 0.717) is 44.3 Å². The van der Waals surface area contributed by atoms with Gasteiger partial charge in [0.15, 0.2) is 0 Å². The maximum Gasteiger partial charge on any atom is 0.416 e. The molecule has 0 unspecified atom stereocenters. The monoisotopic (exact) mass is 383 g/mol. The Balaban J connectivity index is 1.48. The molecule has 1 N–H and O–H groups in total. The lowest BCUT2D eigenvalue weighted by Gasteiger charge is -2.36.